The summed E-state index contributed by atoms with van der Waals surface area (Å²) in [5.74, 6) is 2.26. The summed E-state index contributed by atoms with van der Waals surface area (Å²) in [5.41, 5.74) is 2.71. The normalized spacial score (nSPS) is 21.6. The molecule has 4 rings (SSSR count). The number of hydrogen-bond donors (Lipinski definition) is 0. The topological polar surface area (TPSA) is 68.0 Å². The Hall–Kier alpha value is -2.54. The molecule has 0 aliphatic carbocycles. The Bertz CT molecular complexity index is 941. The summed E-state index contributed by atoms with van der Waals surface area (Å²) in [7, 11) is 3.36. The number of para-hydroxylation sites is 1. The number of methoxy groups -OCH3 is 2. The van der Waals surface area contributed by atoms with Gasteiger partial charge in [-0.15, -0.1) is 0 Å². The van der Waals surface area contributed by atoms with Crippen molar-refractivity contribution in [1.29, 1.82) is 0 Å². The van der Waals surface area contributed by atoms with Crippen LogP contribution in [0.2, 0.25) is 0 Å². The van der Waals surface area contributed by atoms with E-state index in [9.17, 15) is 4.79 Å². The van der Waals surface area contributed by atoms with Gasteiger partial charge < -0.3 is 18.9 Å². The zero-order chi connectivity index (χ0) is 22.0. The van der Waals surface area contributed by atoms with Crippen LogP contribution >= 0.6 is 0 Å². The van der Waals surface area contributed by atoms with Gasteiger partial charge in [0.15, 0.2) is 11.5 Å². The predicted octanol–water partition coefficient (Wildman–Crippen LogP) is 3.69. The number of benzene rings is 1. The number of rotatable bonds is 6. The lowest BCUT2D eigenvalue weighted by atomic mass is 9.79. The van der Waals surface area contributed by atoms with Crippen LogP contribution in [0, 0.1) is 12.3 Å². The van der Waals surface area contributed by atoms with E-state index in [4.69, 9.17) is 14.0 Å². The number of piperidine rings is 1. The van der Waals surface area contributed by atoms with Crippen molar-refractivity contribution in [2.75, 3.05) is 40.4 Å². The molecule has 0 saturated carbocycles. The second-order valence-electron chi connectivity index (χ2n) is 8.86. The van der Waals surface area contributed by atoms with Crippen molar-refractivity contribution in [1.82, 2.24) is 15.0 Å². The maximum atomic E-state index is 13.2. The largest absolute Gasteiger partial charge is 0.493 e. The minimum absolute atomic E-state index is 0.0686. The Kier molecular flexibility index (Phi) is 6.23. The molecule has 1 aromatic heterocycles. The lowest BCUT2D eigenvalue weighted by Crippen LogP contribution is -2.45. The van der Waals surface area contributed by atoms with Crippen LogP contribution in [-0.2, 0) is 13.0 Å². The van der Waals surface area contributed by atoms with Gasteiger partial charge in [0, 0.05) is 37.2 Å². The van der Waals surface area contributed by atoms with Gasteiger partial charge in [-0.1, -0.05) is 24.2 Å². The monoisotopic (exact) mass is 427 g/mol. The first-order valence-corrected chi connectivity index (χ1v) is 11.2. The molecular formula is C24H33N3O4. The summed E-state index contributed by atoms with van der Waals surface area (Å²) >= 11 is 0. The van der Waals surface area contributed by atoms with E-state index in [1.165, 1.54) is 0 Å². The molecule has 0 N–H and O–H groups in total. The lowest BCUT2D eigenvalue weighted by Gasteiger charge is -2.40. The second kappa shape index (κ2) is 8.91. The van der Waals surface area contributed by atoms with Crippen LogP contribution < -0.4 is 9.47 Å². The Morgan fingerprint density at radius 1 is 1.19 bits per heavy atom. The van der Waals surface area contributed by atoms with Crippen LogP contribution in [-0.4, -0.2) is 61.3 Å². The first kappa shape index (κ1) is 21.7. The highest BCUT2D eigenvalue weighted by Crippen LogP contribution is 2.41. The molecule has 2 aliphatic rings. The summed E-state index contributed by atoms with van der Waals surface area (Å²) in [6.07, 6.45) is 4.04. The fourth-order valence-corrected chi connectivity index (χ4v) is 5.30. The Balaban J connectivity index is 1.47. The molecule has 7 nitrogen and oxygen atoms in total. The molecule has 0 radical (unpaired) electrons. The molecule has 1 spiro atoms. The van der Waals surface area contributed by atoms with Crippen LogP contribution in [0.5, 0.6) is 11.5 Å². The third kappa shape index (κ3) is 4.15. The van der Waals surface area contributed by atoms with Gasteiger partial charge in [-0.2, -0.15) is 0 Å². The third-order valence-electron chi connectivity index (χ3n) is 6.83. The summed E-state index contributed by atoms with van der Waals surface area (Å²) in [4.78, 5) is 17.7. The maximum Gasteiger partial charge on any atom is 0.259 e. The smallest absolute Gasteiger partial charge is 0.259 e. The molecule has 3 heterocycles. The van der Waals surface area contributed by atoms with Crippen LogP contribution in [0.1, 0.15) is 53.6 Å². The second-order valence-corrected chi connectivity index (χ2v) is 8.86. The molecule has 31 heavy (non-hydrogen) atoms. The molecule has 1 atom stereocenters. The van der Waals surface area contributed by atoms with Crippen molar-refractivity contribution in [2.45, 2.75) is 46.1 Å². The number of likely N-dealkylation sites (tertiary alicyclic amines) is 2. The molecule has 168 valence electrons. The molecule has 1 amide bonds. The highest BCUT2D eigenvalue weighted by molar-refractivity contribution is 5.96. The summed E-state index contributed by atoms with van der Waals surface area (Å²) < 4.78 is 16.4. The molecule has 0 bridgehead atoms. The van der Waals surface area contributed by atoms with E-state index in [1.807, 2.05) is 30.9 Å². The number of carbonyl (C=O) groups is 1. The van der Waals surface area contributed by atoms with Crippen molar-refractivity contribution in [2.24, 2.45) is 5.41 Å². The van der Waals surface area contributed by atoms with Gasteiger partial charge >= 0.3 is 0 Å². The van der Waals surface area contributed by atoms with Crippen LogP contribution in [0.15, 0.2) is 22.7 Å². The number of nitrogens with zero attached hydrogens (tertiary/aromatic N) is 3. The number of aryl methyl sites for hydroxylation is 2. The Labute approximate surface area is 184 Å². The minimum Gasteiger partial charge on any atom is -0.493 e. The minimum atomic E-state index is 0.0686. The van der Waals surface area contributed by atoms with E-state index in [1.54, 1.807) is 14.2 Å². The van der Waals surface area contributed by atoms with Crippen molar-refractivity contribution in [3.63, 3.8) is 0 Å². The van der Waals surface area contributed by atoms with Gasteiger partial charge in [-0.3, -0.25) is 9.69 Å². The molecular weight excluding hydrogens is 394 g/mol. The number of ether oxygens (including phenoxy) is 2. The highest BCUT2D eigenvalue weighted by atomic mass is 16.5. The van der Waals surface area contributed by atoms with E-state index in [2.05, 4.69) is 16.1 Å². The maximum absolute atomic E-state index is 13.2. The van der Waals surface area contributed by atoms with Crippen LogP contribution in [0.25, 0.3) is 0 Å². The quantitative estimate of drug-likeness (QED) is 0.700. The van der Waals surface area contributed by atoms with E-state index in [0.717, 1.165) is 74.7 Å². The number of hydrogen-bond acceptors (Lipinski definition) is 6. The Morgan fingerprint density at radius 2 is 2.03 bits per heavy atom. The lowest BCUT2D eigenvalue weighted by molar-refractivity contribution is 0.0671. The Morgan fingerprint density at radius 3 is 2.77 bits per heavy atom. The number of aromatic nitrogens is 1. The summed E-state index contributed by atoms with van der Waals surface area (Å²) in [6, 6.07) is 6.05. The molecule has 1 aromatic carbocycles. The molecule has 2 fully saturated rings. The van der Waals surface area contributed by atoms with Crippen molar-refractivity contribution in [3.05, 3.63) is 40.8 Å². The van der Waals surface area contributed by atoms with Crippen molar-refractivity contribution >= 4 is 5.91 Å². The first-order chi connectivity index (χ1) is 15.0. The van der Waals surface area contributed by atoms with Gasteiger partial charge in [0.1, 0.15) is 11.3 Å². The molecule has 2 aromatic rings. The SMILES string of the molecule is CCc1noc(C)c1C(=O)N1CCC2(CCCN(Cc3cccc(OC)c3OC)C2)C1. The first-order valence-electron chi connectivity index (χ1n) is 11.2. The molecule has 2 aliphatic heterocycles. The van der Waals surface area contributed by atoms with E-state index in [0.29, 0.717) is 17.7 Å². The third-order valence-corrected chi connectivity index (χ3v) is 6.83. The standard InChI is InChI=1S/C24H33N3O4/c1-5-19-21(17(2)31-25-19)23(28)27-13-11-24(16-27)10-7-12-26(15-24)14-18-8-6-9-20(29-3)22(18)30-4/h6,8-9H,5,7,10-16H2,1-4H3. The predicted molar refractivity (Wildman–Crippen MR) is 118 cm³/mol. The fraction of sp³-hybridized carbons (Fsp3) is 0.583. The number of carbonyl (C=O) groups excluding carboxylic acids is 1. The zero-order valence-corrected chi connectivity index (χ0v) is 19.1. The molecule has 1 unspecified atom stereocenters. The van der Waals surface area contributed by atoms with Gasteiger partial charge in [0.2, 0.25) is 0 Å². The number of amides is 1. The highest BCUT2D eigenvalue weighted by Gasteiger charge is 2.43. The summed E-state index contributed by atoms with van der Waals surface area (Å²) in [6.45, 7) is 8.29. The average Bonchev–Trinajstić information content (AvgIpc) is 3.36. The van der Waals surface area contributed by atoms with Crippen LogP contribution in [0.3, 0.4) is 0 Å². The van der Waals surface area contributed by atoms with E-state index >= 15 is 0 Å². The molecule has 2 saturated heterocycles. The van der Waals surface area contributed by atoms with Gasteiger partial charge in [-0.25, -0.2) is 0 Å². The van der Waals surface area contributed by atoms with Gasteiger partial charge in [-0.05, 0) is 45.2 Å². The van der Waals surface area contributed by atoms with Crippen molar-refractivity contribution in [3.8, 4) is 11.5 Å². The average molecular weight is 428 g/mol. The van der Waals surface area contributed by atoms with Crippen molar-refractivity contribution < 1.29 is 18.8 Å². The van der Waals surface area contributed by atoms with E-state index < -0.39 is 0 Å². The molecule has 7 heteroatoms. The van der Waals surface area contributed by atoms with Crippen LogP contribution in [0.4, 0.5) is 0 Å². The van der Waals surface area contributed by atoms with E-state index in [-0.39, 0.29) is 11.3 Å². The zero-order valence-electron chi connectivity index (χ0n) is 19.1. The summed E-state index contributed by atoms with van der Waals surface area (Å²) in [5, 5.41) is 4.07. The van der Waals surface area contributed by atoms with Gasteiger partial charge in [0.05, 0.1) is 19.9 Å². The van der Waals surface area contributed by atoms with Gasteiger partial charge in [0.25, 0.3) is 5.91 Å². The fourth-order valence-electron chi connectivity index (χ4n) is 5.30.